The minimum absolute atomic E-state index is 0.0919. The molecule has 6 heteroatoms. The molecule has 0 unspecified atom stereocenters. The van der Waals surface area contributed by atoms with Gasteiger partial charge in [0.2, 0.25) is 0 Å². The largest absolute Gasteiger partial charge is 0.497 e. The highest BCUT2D eigenvalue weighted by atomic mass is 16.5. The Morgan fingerprint density at radius 2 is 1.96 bits per heavy atom. The molecular weight excluding hydrogens is 316 g/mol. The van der Waals surface area contributed by atoms with E-state index in [1.54, 1.807) is 25.3 Å². The molecule has 0 radical (unpaired) electrons. The molecule has 6 nitrogen and oxygen atoms in total. The van der Waals surface area contributed by atoms with Crippen molar-refractivity contribution in [1.82, 2.24) is 14.9 Å². The number of hydrogen-bond donors (Lipinski definition) is 1. The van der Waals surface area contributed by atoms with Crippen LogP contribution in [0.4, 0.5) is 5.82 Å². The summed E-state index contributed by atoms with van der Waals surface area (Å²) >= 11 is 0. The Kier molecular flexibility index (Phi) is 7.19. The number of aromatic nitrogens is 2. The second kappa shape index (κ2) is 9.61. The first-order valence-corrected chi connectivity index (χ1v) is 8.58. The van der Waals surface area contributed by atoms with Gasteiger partial charge in [0, 0.05) is 20.1 Å². The highest BCUT2D eigenvalue weighted by Crippen LogP contribution is 2.12. The number of amides is 1. The number of anilines is 1. The standard InChI is InChI=1S/C19H26N4O2/c1-4-5-12-23(2)19(24)17-13-22-18(14-21-17)20-11-10-15-6-8-16(25-3)9-7-15/h6-9,13-14H,4-5,10-12H2,1-3H3,(H,20,22). The van der Waals surface area contributed by atoms with E-state index in [9.17, 15) is 4.79 Å². The monoisotopic (exact) mass is 342 g/mol. The SMILES string of the molecule is CCCCN(C)C(=O)c1cnc(NCCc2ccc(OC)cc2)cn1. The smallest absolute Gasteiger partial charge is 0.273 e. The Hall–Kier alpha value is -2.63. The lowest BCUT2D eigenvalue weighted by Gasteiger charge is -2.16. The molecule has 0 aliphatic carbocycles. The summed E-state index contributed by atoms with van der Waals surface area (Å²) in [7, 11) is 3.45. The van der Waals surface area contributed by atoms with Gasteiger partial charge < -0.3 is 15.0 Å². The van der Waals surface area contributed by atoms with Gasteiger partial charge in [0.15, 0.2) is 0 Å². The Morgan fingerprint density at radius 1 is 1.20 bits per heavy atom. The maximum absolute atomic E-state index is 12.2. The van der Waals surface area contributed by atoms with E-state index in [-0.39, 0.29) is 5.91 Å². The maximum atomic E-state index is 12.2. The van der Waals surface area contributed by atoms with E-state index in [1.807, 2.05) is 24.3 Å². The van der Waals surface area contributed by atoms with Gasteiger partial charge in [0.1, 0.15) is 17.3 Å². The molecule has 0 aliphatic rings. The Morgan fingerprint density at radius 3 is 2.56 bits per heavy atom. The van der Waals surface area contributed by atoms with Crippen LogP contribution in [0.5, 0.6) is 5.75 Å². The van der Waals surface area contributed by atoms with Crippen molar-refractivity contribution in [2.75, 3.05) is 32.6 Å². The van der Waals surface area contributed by atoms with Crippen LogP contribution in [0.2, 0.25) is 0 Å². The zero-order valence-electron chi connectivity index (χ0n) is 15.2. The lowest BCUT2D eigenvalue weighted by Crippen LogP contribution is -2.28. The van der Waals surface area contributed by atoms with Crippen molar-refractivity contribution in [2.24, 2.45) is 0 Å². The summed E-state index contributed by atoms with van der Waals surface area (Å²) in [6.45, 7) is 3.58. The van der Waals surface area contributed by atoms with E-state index < -0.39 is 0 Å². The molecule has 0 fully saturated rings. The molecule has 2 rings (SSSR count). The van der Waals surface area contributed by atoms with Crippen molar-refractivity contribution in [1.29, 1.82) is 0 Å². The quantitative estimate of drug-likeness (QED) is 0.759. The second-order valence-electron chi connectivity index (χ2n) is 5.89. The summed E-state index contributed by atoms with van der Waals surface area (Å²) in [6, 6.07) is 7.98. The molecule has 0 atom stereocenters. The number of benzene rings is 1. The molecule has 25 heavy (non-hydrogen) atoms. The Bertz CT molecular complexity index is 656. The molecule has 0 saturated heterocycles. The number of nitrogens with one attached hydrogen (secondary N) is 1. The van der Waals surface area contributed by atoms with Gasteiger partial charge in [-0.15, -0.1) is 0 Å². The molecule has 1 heterocycles. The molecule has 0 aliphatic heterocycles. The topological polar surface area (TPSA) is 67.4 Å². The molecule has 0 saturated carbocycles. The number of nitrogens with zero attached hydrogens (tertiary/aromatic N) is 3. The normalized spacial score (nSPS) is 10.4. The molecule has 134 valence electrons. The molecule has 1 aromatic heterocycles. The van der Waals surface area contributed by atoms with Gasteiger partial charge in [0.25, 0.3) is 5.91 Å². The minimum atomic E-state index is -0.0919. The highest BCUT2D eigenvalue weighted by Gasteiger charge is 2.12. The van der Waals surface area contributed by atoms with Crippen molar-refractivity contribution in [3.05, 3.63) is 47.9 Å². The number of ether oxygens (including phenoxy) is 1. The van der Waals surface area contributed by atoms with Gasteiger partial charge in [-0.1, -0.05) is 25.5 Å². The van der Waals surface area contributed by atoms with Gasteiger partial charge in [-0.3, -0.25) is 4.79 Å². The molecular formula is C19H26N4O2. The summed E-state index contributed by atoms with van der Waals surface area (Å²) in [5, 5.41) is 3.22. The minimum Gasteiger partial charge on any atom is -0.497 e. The maximum Gasteiger partial charge on any atom is 0.273 e. The van der Waals surface area contributed by atoms with Crippen LogP contribution in [0, 0.1) is 0 Å². The van der Waals surface area contributed by atoms with Gasteiger partial charge in [-0.25, -0.2) is 9.97 Å². The number of methoxy groups -OCH3 is 1. The molecule has 1 aromatic carbocycles. The molecule has 0 bridgehead atoms. The molecule has 0 spiro atoms. The average Bonchev–Trinajstić information content (AvgIpc) is 2.66. The lowest BCUT2D eigenvalue weighted by atomic mass is 10.1. The van der Waals surface area contributed by atoms with Crippen LogP contribution >= 0.6 is 0 Å². The first-order chi connectivity index (χ1) is 12.1. The Balaban J connectivity index is 1.82. The Labute approximate surface area is 149 Å². The van der Waals surface area contributed by atoms with E-state index in [0.29, 0.717) is 11.5 Å². The van der Waals surface area contributed by atoms with Gasteiger partial charge >= 0.3 is 0 Å². The van der Waals surface area contributed by atoms with Crippen LogP contribution in [0.15, 0.2) is 36.7 Å². The zero-order valence-corrected chi connectivity index (χ0v) is 15.2. The van der Waals surface area contributed by atoms with Crippen LogP contribution in [0.1, 0.15) is 35.8 Å². The summed E-state index contributed by atoms with van der Waals surface area (Å²) in [6.07, 6.45) is 6.04. The number of unbranched alkanes of at least 4 members (excludes halogenated alkanes) is 1. The van der Waals surface area contributed by atoms with Crippen LogP contribution < -0.4 is 10.1 Å². The third kappa shape index (κ3) is 5.74. The average molecular weight is 342 g/mol. The predicted molar refractivity (Wildman–Crippen MR) is 99.1 cm³/mol. The van der Waals surface area contributed by atoms with Crippen molar-refractivity contribution in [2.45, 2.75) is 26.2 Å². The second-order valence-corrected chi connectivity index (χ2v) is 5.89. The fraction of sp³-hybridized carbons (Fsp3) is 0.421. The summed E-state index contributed by atoms with van der Waals surface area (Å²) < 4.78 is 5.15. The van der Waals surface area contributed by atoms with E-state index in [1.165, 1.54) is 11.8 Å². The van der Waals surface area contributed by atoms with Crippen LogP contribution in [0.25, 0.3) is 0 Å². The fourth-order valence-corrected chi connectivity index (χ4v) is 2.35. The summed E-state index contributed by atoms with van der Waals surface area (Å²) in [5.74, 6) is 1.43. The lowest BCUT2D eigenvalue weighted by molar-refractivity contribution is 0.0787. The van der Waals surface area contributed by atoms with Gasteiger partial charge in [-0.05, 0) is 30.5 Å². The van der Waals surface area contributed by atoms with Crippen LogP contribution in [0.3, 0.4) is 0 Å². The summed E-state index contributed by atoms with van der Waals surface area (Å²) in [5.41, 5.74) is 1.59. The number of hydrogen-bond acceptors (Lipinski definition) is 5. The van der Waals surface area contributed by atoms with E-state index in [4.69, 9.17) is 4.74 Å². The van der Waals surface area contributed by atoms with Crippen molar-refractivity contribution < 1.29 is 9.53 Å². The highest BCUT2D eigenvalue weighted by molar-refractivity contribution is 5.91. The third-order valence-corrected chi connectivity index (χ3v) is 3.94. The third-order valence-electron chi connectivity index (χ3n) is 3.94. The molecule has 2 aromatic rings. The van der Waals surface area contributed by atoms with Crippen molar-refractivity contribution >= 4 is 11.7 Å². The van der Waals surface area contributed by atoms with Gasteiger partial charge in [0.05, 0.1) is 19.5 Å². The van der Waals surface area contributed by atoms with Crippen molar-refractivity contribution in [3.63, 3.8) is 0 Å². The van der Waals surface area contributed by atoms with E-state index in [2.05, 4.69) is 22.2 Å². The van der Waals surface area contributed by atoms with Gasteiger partial charge in [-0.2, -0.15) is 0 Å². The number of rotatable bonds is 9. The number of carbonyl (C=O) groups is 1. The molecule has 1 amide bonds. The molecule has 1 N–H and O–H groups in total. The van der Waals surface area contributed by atoms with Crippen molar-refractivity contribution in [3.8, 4) is 5.75 Å². The first kappa shape index (κ1) is 18.7. The van der Waals surface area contributed by atoms with E-state index in [0.717, 1.165) is 38.1 Å². The van der Waals surface area contributed by atoms with Crippen LogP contribution in [-0.4, -0.2) is 48.0 Å². The first-order valence-electron chi connectivity index (χ1n) is 8.58. The zero-order chi connectivity index (χ0) is 18.1. The predicted octanol–water partition coefficient (Wildman–Crippen LogP) is 3.01. The summed E-state index contributed by atoms with van der Waals surface area (Å²) in [4.78, 5) is 22.4. The number of carbonyl (C=O) groups excluding carboxylic acids is 1. The van der Waals surface area contributed by atoms with Crippen LogP contribution in [-0.2, 0) is 6.42 Å². The fourth-order valence-electron chi connectivity index (χ4n) is 2.35. The van der Waals surface area contributed by atoms with E-state index >= 15 is 0 Å².